The molecular weight excluding hydrogens is 176 g/mol. The molecule has 1 aliphatic rings. The molecule has 14 heavy (non-hydrogen) atoms. The van der Waals surface area contributed by atoms with Gasteiger partial charge in [0, 0.05) is 6.54 Å². The Morgan fingerprint density at radius 1 is 1.36 bits per heavy atom. The molecule has 1 fully saturated rings. The van der Waals surface area contributed by atoms with Crippen LogP contribution in [-0.4, -0.2) is 37.0 Å². The minimum atomic E-state index is 0.188. The molecule has 0 aromatic carbocycles. The van der Waals surface area contributed by atoms with Crippen molar-refractivity contribution in [1.82, 2.24) is 10.2 Å². The second-order valence-corrected chi connectivity index (χ2v) is 4.52. The minimum Gasteiger partial charge on any atom is -0.355 e. The van der Waals surface area contributed by atoms with E-state index in [0.717, 1.165) is 26.1 Å². The summed E-state index contributed by atoms with van der Waals surface area (Å²) in [5, 5.41) is 2.96. The van der Waals surface area contributed by atoms with Crippen molar-refractivity contribution in [3.05, 3.63) is 0 Å². The topological polar surface area (TPSA) is 32.3 Å². The quantitative estimate of drug-likeness (QED) is 0.721. The van der Waals surface area contributed by atoms with E-state index in [0.29, 0.717) is 12.5 Å². The van der Waals surface area contributed by atoms with E-state index in [1.807, 2.05) is 0 Å². The van der Waals surface area contributed by atoms with Gasteiger partial charge in [-0.1, -0.05) is 13.8 Å². The monoisotopic (exact) mass is 198 g/mol. The van der Waals surface area contributed by atoms with Crippen LogP contribution in [0.5, 0.6) is 0 Å². The van der Waals surface area contributed by atoms with E-state index in [1.165, 1.54) is 12.8 Å². The first-order valence-corrected chi connectivity index (χ1v) is 5.67. The lowest BCUT2D eigenvalue weighted by Gasteiger charge is -2.14. The number of nitrogens with one attached hydrogen (secondary N) is 1. The van der Waals surface area contributed by atoms with Crippen LogP contribution in [0.25, 0.3) is 0 Å². The summed E-state index contributed by atoms with van der Waals surface area (Å²) >= 11 is 0. The normalized spacial score (nSPS) is 17.6. The number of hydrogen-bond donors (Lipinski definition) is 1. The molecule has 1 aliphatic heterocycles. The fourth-order valence-corrected chi connectivity index (χ4v) is 1.70. The van der Waals surface area contributed by atoms with E-state index in [4.69, 9.17) is 0 Å². The van der Waals surface area contributed by atoms with Crippen molar-refractivity contribution in [3.63, 3.8) is 0 Å². The Hall–Kier alpha value is -0.570. The maximum absolute atomic E-state index is 11.4. The molecule has 82 valence electrons. The fourth-order valence-electron chi connectivity index (χ4n) is 1.70. The zero-order chi connectivity index (χ0) is 10.4. The third kappa shape index (κ3) is 4.61. The summed E-state index contributed by atoms with van der Waals surface area (Å²) in [6, 6.07) is 0. The highest BCUT2D eigenvalue weighted by molar-refractivity contribution is 5.77. The van der Waals surface area contributed by atoms with Gasteiger partial charge >= 0.3 is 0 Å². The highest BCUT2D eigenvalue weighted by Crippen LogP contribution is 2.05. The molecule has 1 heterocycles. The maximum Gasteiger partial charge on any atom is 0.234 e. The van der Waals surface area contributed by atoms with Crippen LogP contribution in [0.4, 0.5) is 0 Å². The zero-order valence-corrected chi connectivity index (χ0v) is 9.38. The van der Waals surface area contributed by atoms with Crippen molar-refractivity contribution >= 4 is 5.91 Å². The largest absolute Gasteiger partial charge is 0.355 e. The molecular formula is C11H22N2O. The minimum absolute atomic E-state index is 0.188. The second-order valence-electron chi connectivity index (χ2n) is 4.52. The maximum atomic E-state index is 11.4. The number of carbonyl (C=O) groups is 1. The molecule has 1 amide bonds. The van der Waals surface area contributed by atoms with E-state index >= 15 is 0 Å². The molecule has 0 aromatic rings. The lowest BCUT2D eigenvalue weighted by molar-refractivity contribution is -0.122. The molecule has 0 saturated carbocycles. The van der Waals surface area contributed by atoms with Crippen molar-refractivity contribution in [3.8, 4) is 0 Å². The second kappa shape index (κ2) is 6.02. The first-order chi connectivity index (χ1) is 6.68. The van der Waals surface area contributed by atoms with E-state index in [-0.39, 0.29) is 5.91 Å². The average Bonchev–Trinajstić information content (AvgIpc) is 2.56. The number of hydrogen-bond acceptors (Lipinski definition) is 2. The van der Waals surface area contributed by atoms with Gasteiger partial charge < -0.3 is 5.32 Å². The third-order valence-corrected chi connectivity index (χ3v) is 2.61. The van der Waals surface area contributed by atoms with Crippen LogP contribution in [-0.2, 0) is 4.79 Å². The first kappa shape index (κ1) is 11.5. The van der Waals surface area contributed by atoms with Gasteiger partial charge in [0.2, 0.25) is 5.91 Å². The third-order valence-electron chi connectivity index (χ3n) is 2.61. The summed E-state index contributed by atoms with van der Waals surface area (Å²) in [7, 11) is 0. The van der Waals surface area contributed by atoms with Gasteiger partial charge in [-0.25, -0.2) is 0 Å². The van der Waals surface area contributed by atoms with Gasteiger partial charge in [-0.3, -0.25) is 9.69 Å². The summed E-state index contributed by atoms with van der Waals surface area (Å²) in [5.41, 5.74) is 0. The van der Waals surface area contributed by atoms with Gasteiger partial charge in [0.15, 0.2) is 0 Å². The molecule has 0 atom stereocenters. The van der Waals surface area contributed by atoms with E-state index in [2.05, 4.69) is 24.1 Å². The summed E-state index contributed by atoms with van der Waals surface area (Å²) < 4.78 is 0. The molecule has 3 nitrogen and oxygen atoms in total. The Bertz CT molecular complexity index is 174. The molecule has 0 aliphatic carbocycles. The summed E-state index contributed by atoms with van der Waals surface area (Å²) in [5.74, 6) is 0.856. The molecule has 0 aromatic heterocycles. The number of rotatable bonds is 5. The van der Waals surface area contributed by atoms with Gasteiger partial charge in [0.25, 0.3) is 0 Å². The number of carbonyl (C=O) groups excluding carboxylic acids is 1. The Morgan fingerprint density at radius 2 is 2.00 bits per heavy atom. The summed E-state index contributed by atoms with van der Waals surface area (Å²) in [6.45, 7) is 7.96. The van der Waals surface area contributed by atoms with Crippen LogP contribution in [0.15, 0.2) is 0 Å². The molecule has 0 radical (unpaired) electrons. The zero-order valence-electron chi connectivity index (χ0n) is 9.38. The summed E-state index contributed by atoms with van der Waals surface area (Å²) in [4.78, 5) is 13.7. The van der Waals surface area contributed by atoms with Crippen LogP contribution >= 0.6 is 0 Å². The molecule has 1 saturated heterocycles. The van der Waals surface area contributed by atoms with Crippen LogP contribution < -0.4 is 5.32 Å². The average molecular weight is 198 g/mol. The van der Waals surface area contributed by atoms with Crippen LogP contribution in [0.2, 0.25) is 0 Å². The Kier molecular flexibility index (Phi) is 4.94. The highest BCUT2D eigenvalue weighted by atomic mass is 16.2. The van der Waals surface area contributed by atoms with Crippen LogP contribution in [0, 0.1) is 5.92 Å². The molecule has 0 bridgehead atoms. The molecule has 1 N–H and O–H groups in total. The highest BCUT2D eigenvalue weighted by Gasteiger charge is 2.14. The number of nitrogens with zero attached hydrogens (tertiary/aromatic N) is 1. The van der Waals surface area contributed by atoms with E-state index < -0.39 is 0 Å². The van der Waals surface area contributed by atoms with Crippen molar-refractivity contribution in [2.24, 2.45) is 5.92 Å². The smallest absolute Gasteiger partial charge is 0.234 e. The predicted octanol–water partition coefficient (Wildman–Crippen LogP) is 1.24. The van der Waals surface area contributed by atoms with Gasteiger partial charge in [-0.05, 0) is 38.3 Å². The molecule has 1 rings (SSSR count). The van der Waals surface area contributed by atoms with E-state index in [9.17, 15) is 4.79 Å². The Labute approximate surface area is 86.9 Å². The Balaban J connectivity index is 2.03. The van der Waals surface area contributed by atoms with Crippen molar-refractivity contribution in [1.29, 1.82) is 0 Å². The SMILES string of the molecule is CC(C)CCNC(=O)CN1CCCC1. The van der Waals surface area contributed by atoms with Gasteiger partial charge in [-0.2, -0.15) is 0 Å². The van der Waals surface area contributed by atoms with Gasteiger partial charge in [0.05, 0.1) is 6.54 Å². The molecule has 3 heteroatoms. The molecule has 0 spiro atoms. The molecule has 0 unspecified atom stereocenters. The van der Waals surface area contributed by atoms with Crippen molar-refractivity contribution in [2.75, 3.05) is 26.2 Å². The predicted molar refractivity (Wildman–Crippen MR) is 58.1 cm³/mol. The lowest BCUT2D eigenvalue weighted by Crippen LogP contribution is -2.36. The van der Waals surface area contributed by atoms with E-state index in [1.54, 1.807) is 0 Å². The standard InChI is InChI=1S/C11H22N2O/c1-10(2)5-6-12-11(14)9-13-7-3-4-8-13/h10H,3-9H2,1-2H3,(H,12,14). The van der Waals surface area contributed by atoms with Crippen molar-refractivity contribution in [2.45, 2.75) is 33.1 Å². The van der Waals surface area contributed by atoms with Crippen LogP contribution in [0.1, 0.15) is 33.1 Å². The first-order valence-electron chi connectivity index (χ1n) is 5.67. The summed E-state index contributed by atoms with van der Waals surface area (Å²) in [6.07, 6.45) is 3.57. The number of amides is 1. The van der Waals surface area contributed by atoms with Gasteiger partial charge in [-0.15, -0.1) is 0 Å². The lowest BCUT2D eigenvalue weighted by atomic mass is 10.1. The number of likely N-dealkylation sites (tertiary alicyclic amines) is 1. The fraction of sp³-hybridized carbons (Fsp3) is 0.909. The van der Waals surface area contributed by atoms with Crippen LogP contribution in [0.3, 0.4) is 0 Å². The Morgan fingerprint density at radius 3 is 2.57 bits per heavy atom. The van der Waals surface area contributed by atoms with Crippen molar-refractivity contribution < 1.29 is 4.79 Å². The van der Waals surface area contributed by atoms with Gasteiger partial charge in [0.1, 0.15) is 0 Å².